The third kappa shape index (κ3) is 2.73. The Bertz CT molecular complexity index is 513. The van der Waals surface area contributed by atoms with E-state index in [4.69, 9.17) is 0 Å². The van der Waals surface area contributed by atoms with Crippen molar-refractivity contribution in [3.05, 3.63) is 34.1 Å². The van der Waals surface area contributed by atoms with Crippen molar-refractivity contribution < 1.29 is 9.18 Å². The number of hydrogen-bond acceptors (Lipinski definition) is 3. The highest BCUT2D eigenvalue weighted by Gasteiger charge is 2.36. The lowest BCUT2D eigenvalue weighted by atomic mass is 10.0. The normalized spacial score (nSPS) is 20.8. The molecule has 0 saturated carbocycles. The molecule has 108 valence electrons. The Labute approximate surface area is 126 Å². The Morgan fingerprint density at radius 1 is 1.30 bits per heavy atom. The lowest BCUT2D eigenvalue weighted by Gasteiger charge is -2.46. The fourth-order valence-electron chi connectivity index (χ4n) is 2.73. The molecular formula is C14H17BrFN3O. The SMILES string of the molecule is O=C(c1ccc(Br)cc1F)N1CC(N2CCNCC2)C1. The van der Waals surface area contributed by atoms with E-state index in [1.807, 2.05) is 0 Å². The predicted octanol–water partition coefficient (Wildman–Crippen LogP) is 1.32. The summed E-state index contributed by atoms with van der Waals surface area (Å²) in [5.74, 6) is -0.670. The number of likely N-dealkylation sites (tertiary alicyclic amines) is 1. The molecule has 2 saturated heterocycles. The number of nitrogens with zero attached hydrogens (tertiary/aromatic N) is 2. The van der Waals surface area contributed by atoms with Gasteiger partial charge in [0.05, 0.1) is 5.56 Å². The van der Waals surface area contributed by atoms with Crippen molar-refractivity contribution in [2.24, 2.45) is 0 Å². The summed E-state index contributed by atoms with van der Waals surface area (Å²) in [6.45, 7) is 5.47. The highest BCUT2D eigenvalue weighted by atomic mass is 79.9. The molecule has 0 atom stereocenters. The number of carbonyl (C=O) groups excluding carboxylic acids is 1. The molecule has 2 heterocycles. The topological polar surface area (TPSA) is 35.6 Å². The minimum atomic E-state index is -0.463. The van der Waals surface area contributed by atoms with Crippen LogP contribution < -0.4 is 5.32 Å². The van der Waals surface area contributed by atoms with E-state index in [1.165, 1.54) is 6.07 Å². The van der Waals surface area contributed by atoms with Gasteiger partial charge in [0.15, 0.2) is 0 Å². The quantitative estimate of drug-likeness (QED) is 0.881. The summed E-state index contributed by atoms with van der Waals surface area (Å²) in [6.07, 6.45) is 0. The molecule has 2 aliphatic heterocycles. The maximum Gasteiger partial charge on any atom is 0.256 e. The highest BCUT2D eigenvalue weighted by molar-refractivity contribution is 9.10. The van der Waals surface area contributed by atoms with Gasteiger partial charge in [-0.15, -0.1) is 0 Å². The van der Waals surface area contributed by atoms with Gasteiger partial charge < -0.3 is 10.2 Å². The average molecular weight is 342 g/mol. The summed E-state index contributed by atoms with van der Waals surface area (Å²) in [7, 11) is 0. The van der Waals surface area contributed by atoms with Crippen LogP contribution in [-0.2, 0) is 0 Å². The third-order valence-electron chi connectivity index (χ3n) is 3.98. The van der Waals surface area contributed by atoms with Crippen LogP contribution in [0.5, 0.6) is 0 Å². The molecule has 1 aromatic rings. The molecule has 0 aromatic heterocycles. The maximum absolute atomic E-state index is 13.8. The van der Waals surface area contributed by atoms with Crippen molar-refractivity contribution >= 4 is 21.8 Å². The van der Waals surface area contributed by atoms with Crippen molar-refractivity contribution in [2.45, 2.75) is 6.04 Å². The Hall–Kier alpha value is -0.980. The maximum atomic E-state index is 13.8. The number of nitrogens with one attached hydrogen (secondary N) is 1. The molecule has 1 aromatic carbocycles. The standard InChI is InChI=1S/C14H17BrFN3O/c15-10-1-2-12(13(16)7-10)14(20)19-8-11(9-19)18-5-3-17-4-6-18/h1-2,7,11,17H,3-6,8-9H2. The Balaban J connectivity index is 1.60. The molecule has 0 bridgehead atoms. The van der Waals surface area contributed by atoms with Crippen molar-refractivity contribution in [1.29, 1.82) is 0 Å². The van der Waals surface area contributed by atoms with Crippen LogP contribution in [0.15, 0.2) is 22.7 Å². The van der Waals surface area contributed by atoms with E-state index in [9.17, 15) is 9.18 Å². The monoisotopic (exact) mass is 341 g/mol. The fraction of sp³-hybridized carbons (Fsp3) is 0.500. The summed E-state index contributed by atoms with van der Waals surface area (Å²) in [6, 6.07) is 5.00. The van der Waals surface area contributed by atoms with E-state index in [1.54, 1.807) is 17.0 Å². The molecule has 0 radical (unpaired) electrons. The van der Waals surface area contributed by atoms with Gasteiger partial charge in [0, 0.05) is 49.8 Å². The van der Waals surface area contributed by atoms with Gasteiger partial charge in [0.25, 0.3) is 5.91 Å². The van der Waals surface area contributed by atoms with Crippen LogP contribution in [0.3, 0.4) is 0 Å². The van der Waals surface area contributed by atoms with Crippen molar-refractivity contribution in [3.63, 3.8) is 0 Å². The van der Waals surface area contributed by atoms with Crippen molar-refractivity contribution in [2.75, 3.05) is 39.3 Å². The van der Waals surface area contributed by atoms with E-state index in [2.05, 4.69) is 26.1 Å². The molecule has 3 rings (SSSR count). The molecule has 2 aliphatic rings. The zero-order valence-electron chi connectivity index (χ0n) is 11.1. The van der Waals surface area contributed by atoms with Crippen LogP contribution in [0, 0.1) is 5.82 Å². The Morgan fingerprint density at radius 3 is 2.65 bits per heavy atom. The van der Waals surface area contributed by atoms with Gasteiger partial charge in [-0.1, -0.05) is 15.9 Å². The van der Waals surface area contributed by atoms with Crippen LogP contribution in [0.1, 0.15) is 10.4 Å². The van der Waals surface area contributed by atoms with E-state index in [-0.39, 0.29) is 11.5 Å². The van der Waals surface area contributed by atoms with E-state index >= 15 is 0 Å². The van der Waals surface area contributed by atoms with Gasteiger partial charge in [-0.05, 0) is 18.2 Å². The van der Waals surface area contributed by atoms with Crippen LogP contribution in [0.25, 0.3) is 0 Å². The first-order valence-electron chi connectivity index (χ1n) is 6.84. The van der Waals surface area contributed by atoms with Crippen molar-refractivity contribution in [3.8, 4) is 0 Å². The smallest absolute Gasteiger partial charge is 0.256 e. The lowest BCUT2D eigenvalue weighted by Crippen LogP contribution is -2.63. The second kappa shape index (κ2) is 5.79. The Kier molecular flexibility index (Phi) is 4.05. The number of rotatable bonds is 2. The molecule has 2 fully saturated rings. The summed E-state index contributed by atoms with van der Waals surface area (Å²) in [4.78, 5) is 16.3. The number of amides is 1. The zero-order valence-corrected chi connectivity index (χ0v) is 12.7. The second-order valence-corrected chi connectivity index (χ2v) is 6.19. The molecule has 0 spiro atoms. The van der Waals surface area contributed by atoms with E-state index in [0.29, 0.717) is 23.6 Å². The van der Waals surface area contributed by atoms with Gasteiger partial charge in [-0.2, -0.15) is 0 Å². The number of halogens is 2. The van der Waals surface area contributed by atoms with Gasteiger partial charge in [-0.3, -0.25) is 9.69 Å². The minimum absolute atomic E-state index is 0.159. The first kappa shape index (κ1) is 14.0. The van der Waals surface area contributed by atoms with Crippen LogP contribution in [-0.4, -0.2) is 61.0 Å². The molecule has 0 unspecified atom stereocenters. The van der Waals surface area contributed by atoms with Crippen LogP contribution >= 0.6 is 15.9 Å². The van der Waals surface area contributed by atoms with Gasteiger partial charge in [0.2, 0.25) is 0 Å². The van der Waals surface area contributed by atoms with Gasteiger partial charge in [0.1, 0.15) is 5.82 Å². The first-order valence-corrected chi connectivity index (χ1v) is 7.63. The van der Waals surface area contributed by atoms with Gasteiger partial charge in [-0.25, -0.2) is 4.39 Å². The molecule has 4 nitrogen and oxygen atoms in total. The summed E-state index contributed by atoms with van der Waals surface area (Å²) < 4.78 is 14.4. The largest absolute Gasteiger partial charge is 0.335 e. The summed E-state index contributed by atoms with van der Waals surface area (Å²) in [5.41, 5.74) is 0.159. The third-order valence-corrected chi connectivity index (χ3v) is 4.47. The van der Waals surface area contributed by atoms with Crippen LogP contribution in [0.4, 0.5) is 4.39 Å². The molecule has 1 N–H and O–H groups in total. The number of piperazine rings is 1. The van der Waals surface area contributed by atoms with E-state index < -0.39 is 5.82 Å². The molecule has 1 amide bonds. The molecule has 20 heavy (non-hydrogen) atoms. The zero-order chi connectivity index (χ0) is 14.1. The number of benzene rings is 1. The van der Waals surface area contributed by atoms with Crippen molar-refractivity contribution in [1.82, 2.24) is 15.1 Å². The van der Waals surface area contributed by atoms with E-state index in [0.717, 1.165) is 26.2 Å². The number of hydrogen-bond donors (Lipinski definition) is 1. The average Bonchev–Trinajstić information content (AvgIpc) is 2.38. The van der Waals surface area contributed by atoms with Crippen LogP contribution in [0.2, 0.25) is 0 Å². The summed E-state index contributed by atoms with van der Waals surface area (Å²) >= 11 is 3.20. The van der Waals surface area contributed by atoms with Gasteiger partial charge >= 0.3 is 0 Å². The number of carbonyl (C=O) groups is 1. The lowest BCUT2D eigenvalue weighted by molar-refractivity contribution is 0.0224. The molecule has 0 aliphatic carbocycles. The predicted molar refractivity (Wildman–Crippen MR) is 78.2 cm³/mol. The minimum Gasteiger partial charge on any atom is -0.335 e. The molecular weight excluding hydrogens is 325 g/mol. The molecule has 6 heteroatoms. The fourth-order valence-corrected chi connectivity index (χ4v) is 3.07. The first-order chi connectivity index (χ1) is 9.65. The highest BCUT2D eigenvalue weighted by Crippen LogP contribution is 2.21. The Morgan fingerprint density at radius 2 is 2.00 bits per heavy atom. The second-order valence-electron chi connectivity index (χ2n) is 5.27. The summed E-state index contributed by atoms with van der Waals surface area (Å²) in [5, 5.41) is 3.31.